The summed E-state index contributed by atoms with van der Waals surface area (Å²) in [6.07, 6.45) is -4.20. The average molecular weight is 630 g/mol. The molecule has 0 aliphatic carbocycles. The Morgan fingerprint density at radius 3 is 2.31 bits per heavy atom. The van der Waals surface area contributed by atoms with E-state index in [1.54, 1.807) is 6.07 Å². The van der Waals surface area contributed by atoms with Crippen LogP contribution in [0.15, 0.2) is 65.6 Å². The van der Waals surface area contributed by atoms with Crippen molar-refractivity contribution in [1.29, 1.82) is 0 Å². The molecule has 0 fully saturated rings. The molecule has 0 aliphatic rings. The Hall–Kier alpha value is -3.15. The van der Waals surface area contributed by atoms with Crippen LogP contribution in [0.3, 0.4) is 0 Å². The van der Waals surface area contributed by atoms with Gasteiger partial charge in [0.2, 0.25) is 0 Å². The molecule has 42 heavy (non-hydrogen) atoms. The topological polar surface area (TPSA) is 83.9 Å². The number of nitrogens with zero attached hydrogens (tertiary/aromatic N) is 1. The van der Waals surface area contributed by atoms with E-state index in [0.29, 0.717) is 25.1 Å². The largest absolute Gasteiger partial charge is 0.493 e. The zero-order valence-corrected chi connectivity index (χ0v) is 24.9. The van der Waals surface area contributed by atoms with Gasteiger partial charge in [0.25, 0.3) is 0 Å². The number of alkyl halides is 3. The molecular formula is C30H32ClF4NO5S. The highest BCUT2D eigenvalue weighted by molar-refractivity contribution is 7.90. The number of ether oxygens (including phenoxy) is 1. The van der Waals surface area contributed by atoms with Gasteiger partial charge in [-0.2, -0.15) is 13.2 Å². The minimum absolute atomic E-state index is 0.0273. The Labute approximate surface area is 247 Å². The molecule has 3 aromatic rings. The van der Waals surface area contributed by atoms with Crippen molar-refractivity contribution >= 4 is 27.4 Å². The molecule has 0 heterocycles. The van der Waals surface area contributed by atoms with Crippen LogP contribution in [0.1, 0.15) is 42.5 Å². The lowest BCUT2D eigenvalue weighted by Gasteiger charge is -2.33. The fourth-order valence-corrected chi connectivity index (χ4v) is 5.96. The average Bonchev–Trinajstić information content (AvgIpc) is 2.88. The second-order valence-corrected chi connectivity index (χ2v) is 13.0. The Bertz CT molecular complexity index is 1510. The zero-order chi connectivity index (χ0) is 31.3. The number of hydrogen-bond acceptors (Lipinski definition) is 5. The molecule has 1 N–H and O–H groups in total. The molecule has 0 saturated heterocycles. The van der Waals surface area contributed by atoms with Gasteiger partial charge >= 0.3 is 12.1 Å². The van der Waals surface area contributed by atoms with Crippen LogP contribution in [0.4, 0.5) is 17.6 Å². The van der Waals surface area contributed by atoms with Crippen molar-refractivity contribution in [2.45, 2.75) is 49.7 Å². The van der Waals surface area contributed by atoms with Crippen LogP contribution in [-0.2, 0) is 39.2 Å². The molecule has 3 aromatic carbocycles. The second-order valence-electron chi connectivity index (χ2n) is 10.7. The maximum atomic E-state index is 14.7. The lowest BCUT2D eigenvalue weighted by atomic mass is 9.84. The van der Waals surface area contributed by atoms with Gasteiger partial charge < -0.3 is 9.84 Å². The van der Waals surface area contributed by atoms with Gasteiger partial charge in [-0.1, -0.05) is 67.9 Å². The quantitative estimate of drug-likeness (QED) is 0.166. The van der Waals surface area contributed by atoms with E-state index in [-0.39, 0.29) is 29.3 Å². The first-order chi connectivity index (χ1) is 19.5. The van der Waals surface area contributed by atoms with Crippen molar-refractivity contribution in [2.75, 3.05) is 26.0 Å². The van der Waals surface area contributed by atoms with Crippen LogP contribution in [0.5, 0.6) is 5.75 Å². The number of rotatable bonds is 13. The summed E-state index contributed by atoms with van der Waals surface area (Å²) in [5, 5.41) is 8.68. The van der Waals surface area contributed by atoms with E-state index in [9.17, 15) is 30.8 Å². The number of aliphatic carboxylic acids is 1. The fourth-order valence-electron chi connectivity index (χ4n) is 4.72. The summed E-state index contributed by atoms with van der Waals surface area (Å²) < 4.78 is 85.1. The minimum Gasteiger partial charge on any atom is -0.493 e. The number of carbonyl (C=O) groups is 1. The number of benzene rings is 3. The van der Waals surface area contributed by atoms with Gasteiger partial charge in [0.15, 0.2) is 9.84 Å². The van der Waals surface area contributed by atoms with Crippen molar-refractivity contribution in [3.05, 3.63) is 93.8 Å². The third kappa shape index (κ3) is 8.92. The Balaban J connectivity index is 1.80. The highest BCUT2D eigenvalue weighted by Crippen LogP contribution is 2.37. The summed E-state index contributed by atoms with van der Waals surface area (Å²) in [7, 11) is -3.95. The monoisotopic (exact) mass is 629 g/mol. The molecule has 12 heteroatoms. The lowest BCUT2D eigenvalue weighted by Crippen LogP contribution is -2.37. The van der Waals surface area contributed by atoms with Crippen LogP contribution < -0.4 is 4.74 Å². The van der Waals surface area contributed by atoms with Crippen molar-refractivity contribution in [3.63, 3.8) is 0 Å². The zero-order valence-electron chi connectivity index (χ0n) is 23.3. The van der Waals surface area contributed by atoms with Gasteiger partial charge in [0, 0.05) is 42.9 Å². The second kappa shape index (κ2) is 13.4. The normalized spacial score (nSPS) is 12.5. The van der Waals surface area contributed by atoms with Gasteiger partial charge in [-0.15, -0.1) is 0 Å². The van der Waals surface area contributed by atoms with E-state index in [0.717, 1.165) is 30.0 Å². The van der Waals surface area contributed by atoms with Gasteiger partial charge in [-0.25, -0.2) is 12.8 Å². The maximum Gasteiger partial charge on any atom is 0.417 e. The molecule has 0 spiro atoms. The van der Waals surface area contributed by atoms with E-state index >= 15 is 0 Å². The lowest BCUT2D eigenvalue weighted by molar-refractivity contribution is -0.138. The van der Waals surface area contributed by atoms with Crippen molar-refractivity contribution < 1.29 is 40.6 Å². The molecule has 3 rings (SSSR count). The first-order valence-corrected chi connectivity index (χ1v) is 15.3. The molecule has 0 aliphatic heterocycles. The van der Waals surface area contributed by atoms with Gasteiger partial charge in [0.1, 0.15) is 11.6 Å². The summed E-state index contributed by atoms with van der Waals surface area (Å²) >= 11 is 6.19. The third-order valence-electron chi connectivity index (χ3n) is 6.70. The smallest absolute Gasteiger partial charge is 0.417 e. The Kier molecular flexibility index (Phi) is 10.7. The predicted octanol–water partition coefficient (Wildman–Crippen LogP) is 6.78. The van der Waals surface area contributed by atoms with E-state index in [1.807, 2.05) is 49.1 Å². The van der Waals surface area contributed by atoms with Crippen molar-refractivity contribution in [2.24, 2.45) is 0 Å². The maximum absolute atomic E-state index is 14.7. The Morgan fingerprint density at radius 1 is 1.05 bits per heavy atom. The molecule has 0 amide bonds. The highest BCUT2D eigenvalue weighted by atomic mass is 35.5. The molecule has 0 bridgehead atoms. The van der Waals surface area contributed by atoms with Crippen LogP contribution >= 0.6 is 11.6 Å². The number of carboxylic acids is 1. The molecule has 0 atom stereocenters. The molecule has 228 valence electrons. The Morgan fingerprint density at radius 2 is 1.71 bits per heavy atom. The molecule has 0 radical (unpaired) electrons. The van der Waals surface area contributed by atoms with Crippen LogP contribution in [0.2, 0.25) is 5.02 Å². The van der Waals surface area contributed by atoms with Crippen LogP contribution in [0, 0.1) is 5.82 Å². The summed E-state index contributed by atoms with van der Waals surface area (Å²) in [5.74, 6) is -2.48. The van der Waals surface area contributed by atoms with Crippen molar-refractivity contribution in [3.8, 4) is 5.75 Å². The summed E-state index contributed by atoms with van der Waals surface area (Å²) in [6.45, 7) is 5.01. The molecule has 0 aromatic heterocycles. The SMILES string of the molecule is CC(C)(CN(CCCOc1cc(F)c(CC(=O)O)c(S(C)(=O)=O)c1)Cc1cccc(C(F)(F)F)c1Cl)c1ccccc1. The van der Waals surface area contributed by atoms with Gasteiger partial charge in [0.05, 0.1) is 28.5 Å². The minimum atomic E-state index is -4.60. The standard InChI is InChI=1S/C30H32ClF4NO5S/c1-29(2,21-10-5-4-6-11-21)19-36(18-20-9-7-12-24(28(20)31)30(33,34)35)13-8-14-41-22-15-25(32)23(17-27(37)38)26(16-22)42(3,39)40/h4-7,9-12,15-16H,8,13-14,17-19H2,1-3H3,(H,37,38). The van der Waals surface area contributed by atoms with Gasteiger partial charge in [-0.05, 0) is 29.7 Å². The first-order valence-electron chi connectivity index (χ1n) is 13.0. The molecular weight excluding hydrogens is 598 g/mol. The number of carboxylic acid groups (broad SMARTS) is 1. The van der Waals surface area contributed by atoms with Crippen LogP contribution in [-0.4, -0.2) is 50.3 Å². The van der Waals surface area contributed by atoms with E-state index in [1.165, 1.54) is 6.07 Å². The van der Waals surface area contributed by atoms with Crippen LogP contribution in [0.25, 0.3) is 0 Å². The third-order valence-corrected chi connectivity index (χ3v) is 8.30. The van der Waals surface area contributed by atoms with E-state index in [2.05, 4.69) is 0 Å². The van der Waals surface area contributed by atoms with Gasteiger partial charge in [-0.3, -0.25) is 9.69 Å². The summed E-state index contributed by atoms with van der Waals surface area (Å²) in [5.41, 5.74) is -0.410. The van der Waals surface area contributed by atoms with Crippen molar-refractivity contribution in [1.82, 2.24) is 4.90 Å². The number of hydrogen-bond donors (Lipinski definition) is 1. The fraction of sp³-hybridized carbons (Fsp3) is 0.367. The first kappa shape index (κ1) is 33.4. The molecule has 0 unspecified atom stereocenters. The highest BCUT2D eigenvalue weighted by Gasteiger charge is 2.34. The number of halogens is 5. The summed E-state index contributed by atoms with van der Waals surface area (Å²) in [4.78, 5) is 12.6. The van der Waals surface area contributed by atoms with E-state index in [4.69, 9.17) is 21.4 Å². The summed E-state index contributed by atoms with van der Waals surface area (Å²) in [6, 6.07) is 15.5. The molecule has 6 nitrogen and oxygen atoms in total. The van der Waals surface area contributed by atoms with E-state index < -0.39 is 50.2 Å². The predicted molar refractivity (Wildman–Crippen MR) is 152 cm³/mol. The number of sulfone groups is 1. The molecule has 0 saturated carbocycles.